The number of halogens is 1. The first-order valence-corrected chi connectivity index (χ1v) is 10.5. The normalized spacial score (nSPS) is 17.2. The van der Waals surface area contributed by atoms with Crippen molar-refractivity contribution in [1.82, 2.24) is 9.88 Å². The maximum Gasteiger partial charge on any atom is 0.259 e. The Hall–Kier alpha value is -2.41. The van der Waals surface area contributed by atoms with Crippen molar-refractivity contribution in [2.45, 2.75) is 19.3 Å². The van der Waals surface area contributed by atoms with Crippen molar-refractivity contribution >= 4 is 39.2 Å². The minimum absolute atomic E-state index is 0.180. The minimum Gasteiger partial charge on any atom is -0.354 e. The molecule has 0 spiro atoms. The Kier molecular flexibility index (Phi) is 5.62. The first-order valence-electron chi connectivity index (χ1n) is 9.67. The number of hydrogen-bond donors (Lipinski definition) is 1. The Labute approximate surface area is 173 Å². The van der Waals surface area contributed by atoms with Crippen LogP contribution in [0.25, 0.3) is 0 Å². The van der Waals surface area contributed by atoms with Crippen LogP contribution >= 0.6 is 15.9 Å². The Morgan fingerprint density at radius 3 is 2.57 bits per heavy atom. The number of aromatic nitrogens is 1. The van der Waals surface area contributed by atoms with Gasteiger partial charge in [0, 0.05) is 48.5 Å². The van der Waals surface area contributed by atoms with Gasteiger partial charge in [-0.1, -0.05) is 15.9 Å². The molecule has 1 aromatic heterocycles. The van der Waals surface area contributed by atoms with Gasteiger partial charge >= 0.3 is 0 Å². The first kappa shape index (κ1) is 18.9. The van der Waals surface area contributed by atoms with E-state index in [-0.39, 0.29) is 17.7 Å². The van der Waals surface area contributed by atoms with Gasteiger partial charge in [-0.05, 0) is 55.7 Å². The number of nitrogens with zero attached hydrogens (tertiary/aromatic N) is 3. The lowest BCUT2D eigenvalue weighted by Gasteiger charge is -2.24. The molecule has 1 aromatic carbocycles. The third kappa shape index (κ3) is 4.35. The molecule has 7 heteroatoms. The third-order valence-corrected chi connectivity index (χ3v) is 5.70. The van der Waals surface area contributed by atoms with Gasteiger partial charge in [-0.3, -0.25) is 9.59 Å². The van der Waals surface area contributed by atoms with Gasteiger partial charge in [0.2, 0.25) is 5.91 Å². The first-order chi connectivity index (χ1) is 13.6. The van der Waals surface area contributed by atoms with E-state index in [4.69, 9.17) is 0 Å². The zero-order valence-corrected chi connectivity index (χ0v) is 17.2. The molecule has 2 heterocycles. The number of nitrogens with one attached hydrogen (secondary N) is 1. The lowest BCUT2D eigenvalue weighted by Crippen LogP contribution is -2.36. The number of carbonyl (C=O) groups is 2. The Balaban J connectivity index is 1.48. The van der Waals surface area contributed by atoms with Gasteiger partial charge in [0.25, 0.3) is 5.91 Å². The maximum absolute atomic E-state index is 12.9. The van der Waals surface area contributed by atoms with Crippen molar-refractivity contribution in [2.24, 2.45) is 5.92 Å². The predicted octanol–water partition coefficient (Wildman–Crippen LogP) is 3.55. The van der Waals surface area contributed by atoms with E-state index in [0.29, 0.717) is 24.5 Å². The summed E-state index contributed by atoms with van der Waals surface area (Å²) >= 11 is 3.40. The molecule has 28 heavy (non-hydrogen) atoms. The van der Waals surface area contributed by atoms with Gasteiger partial charge in [-0.2, -0.15) is 0 Å². The van der Waals surface area contributed by atoms with Crippen LogP contribution in [-0.2, 0) is 4.79 Å². The van der Waals surface area contributed by atoms with Gasteiger partial charge in [-0.15, -0.1) is 0 Å². The molecule has 2 aromatic rings. The molecule has 2 fully saturated rings. The fourth-order valence-electron chi connectivity index (χ4n) is 3.50. The zero-order valence-electron chi connectivity index (χ0n) is 15.6. The van der Waals surface area contributed by atoms with E-state index in [1.807, 2.05) is 29.2 Å². The molecule has 6 nitrogen and oxygen atoms in total. The fourth-order valence-corrected chi connectivity index (χ4v) is 3.76. The molecular formula is C21H23BrN4O2. The maximum atomic E-state index is 12.9. The highest BCUT2D eigenvalue weighted by atomic mass is 79.9. The second-order valence-corrected chi connectivity index (χ2v) is 8.19. The summed E-state index contributed by atoms with van der Waals surface area (Å²) in [5.41, 5.74) is 1.28. The Bertz CT molecular complexity index is 867. The van der Waals surface area contributed by atoms with Gasteiger partial charge in [0.1, 0.15) is 5.82 Å². The number of hydrogen-bond acceptors (Lipinski definition) is 4. The monoisotopic (exact) mass is 442 g/mol. The lowest BCUT2D eigenvalue weighted by atomic mass is 10.2. The Morgan fingerprint density at radius 2 is 1.82 bits per heavy atom. The van der Waals surface area contributed by atoms with Gasteiger partial charge in [-0.25, -0.2) is 4.98 Å². The second kappa shape index (κ2) is 8.31. The van der Waals surface area contributed by atoms with Crippen LogP contribution in [0.4, 0.5) is 11.5 Å². The van der Waals surface area contributed by atoms with Crippen LogP contribution in [0.2, 0.25) is 0 Å². The number of carbonyl (C=O) groups excluding carboxylic acids is 2. The largest absolute Gasteiger partial charge is 0.354 e. The highest BCUT2D eigenvalue weighted by molar-refractivity contribution is 9.10. The number of rotatable bonds is 4. The summed E-state index contributed by atoms with van der Waals surface area (Å²) in [6, 6.07) is 11.1. The Morgan fingerprint density at radius 1 is 1.04 bits per heavy atom. The zero-order chi connectivity index (χ0) is 19.5. The predicted molar refractivity (Wildman–Crippen MR) is 112 cm³/mol. The standard InChI is InChI=1S/C21H23BrN4O2/c22-16-6-8-17(9-7-16)24-20(27)18-3-1-10-23-19(18)25-11-2-12-26(14-13-25)21(28)15-4-5-15/h1,3,6-10,15H,2,4-5,11-14H2,(H,24,27). The quantitative estimate of drug-likeness (QED) is 0.785. The molecule has 2 amide bonds. The number of benzene rings is 1. The molecule has 2 aliphatic rings. The molecule has 1 aliphatic carbocycles. The summed E-state index contributed by atoms with van der Waals surface area (Å²) in [7, 11) is 0. The van der Waals surface area contributed by atoms with Crippen molar-refractivity contribution in [3.63, 3.8) is 0 Å². The molecule has 0 atom stereocenters. The molecule has 146 valence electrons. The third-order valence-electron chi connectivity index (χ3n) is 5.17. The molecule has 4 rings (SSSR count). The summed E-state index contributed by atoms with van der Waals surface area (Å²) < 4.78 is 0.961. The molecule has 1 aliphatic heterocycles. The molecule has 1 saturated heterocycles. The van der Waals surface area contributed by atoms with Crippen molar-refractivity contribution in [2.75, 3.05) is 36.4 Å². The summed E-state index contributed by atoms with van der Waals surface area (Å²) in [6.07, 6.45) is 4.64. The highest BCUT2D eigenvalue weighted by Crippen LogP contribution is 2.31. The summed E-state index contributed by atoms with van der Waals surface area (Å²) in [4.78, 5) is 33.8. The molecule has 0 bridgehead atoms. The highest BCUT2D eigenvalue weighted by Gasteiger charge is 2.34. The molecule has 1 saturated carbocycles. The minimum atomic E-state index is -0.180. The van der Waals surface area contributed by atoms with Crippen LogP contribution in [-0.4, -0.2) is 47.9 Å². The van der Waals surface area contributed by atoms with E-state index >= 15 is 0 Å². The summed E-state index contributed by atoms with van der Waals surface area (Å²) in [5.74, 6) is 1.03. The van der Waals surface area contributed by atoms with E-state index in [9.17, 15) is 9.59 Å². The van der Waals surface area contributed by atoms with Crippen LogP contribution in [0.5, 0.6) is 0 Å². The van der Waals surface area contributed by atoms with Crippen molar-refractivity contribution in [3.05, 3.63) is 52.6 Å². The molecule has 0 radical (unpaired) electrons. The van der Waals surface area contributed by atoms with Crippen LogP contribution in [0, 0.1) is 5.92 Å². The van der Waals surface area contributed by atoms with E-state index < -0.39 is 0 Å². The second-order valence-electron chi connectivity index (χ2n) is 7.28. The van der Waals surface area contributed by atoms with E-state index in [1.54, 1.807) is 18.3 Å². The van der Waals surface area contributed by atoms with Gasteiger partial charge in [0.15, 0.2) is 0 Å². The van der Waals surface area contributed by atoms with Crippen molar-refractivity contribution in [3.8, 4) is 0 Å². The van der Waals surface area contributed by atoms with Crippen LogP contribution in [0.15, 0.2) is 47.1 Å². The van der Waals surface area contributed by atoms with E-state index in [0.717, 1.165) is 42.5 Å². The average molecular weight is 443 g/mol. The van der Waals surface area contributed by atoms with Crippen LogP contribution in [0.1, 0.15) is 29.6 Å². The topological polar surface area (TPSA) is 65.5 Å². The summed E-state index contributed by atoms with van der Waals surface area (Å²) in [5, 5.41) is 2.94. The number of amides is 2. The fraction of sp³-hybridized carbons (Fsp3) is 0.381. The number of pyridine rings is 1. The smallest absolute Gasteiger partial charge is 0.259 e. The van der Waals surface area contributed by atoms with Crippen molar-refractivity contribution < 1.29 is 9.59 Å². The number of anilines is 2. The SMILES string of the molecule is O=C(Nc1ccc(Br)cc1)c1cccnc1N1CCCN(C(=O)C2CC2)CC1. The molecular weight excluding hydrogens is 420 g/mol. The average Bonchev–Trinajstić information content (AvgIpc) is 3.56. The van der Waals surface area contributed by atoms with Crippen LogP contribution < -0.4 is 10.2 Å². The van der Waals surface area contributed by atoms with E-state index in [1.165, 1.54) is 0 Å². The van der Waals surface area contributed by atoms with Gasteiger partial charge in [0.05, 0.1) is 5.56 Å². The lowest BCUT2D eigenvalue weighted by molar-refractivity contribution is -0.132. The van der Waals surface area contributed by atoms with Crippen molar-refractivity contribution in [1.29, 1.82) is 0 Å². The molecule has 0 unspecified atom stereocenters. The summed E-state index contributed by atoms with van der Waals surface area (Å²) in [6.45, 7) is 2.93. The van der Waals surface area contributed by atoms with Crippen LogP contribution in [0.3, 0.4) is 0 Å². The van der Waals surface area contributed by atoms with Gasteiger partial charge < -0.3 is 15.1 Å². The molecule has 1 N–H and O–H groups in total. The van der Waals surface area contributed by atoms with E-state index in [2.05, 4.69) is 31.1 Å².